The summed E-state index contributed by atoms with van der Waals surface area (Å²) < 4.78 is 79.3. The van der Waals surface area contributed by atoms with Crippen LogP contribution in [0.3, 0.4) is 0 Å². The number of hydrogen-bond acceptors (Lipinski definition) is 1. The van der Waals surface area contributed by atoms with Crippen molar-refractivity contribution in [3.63, 3.8) is 0 Å². The van der Waals surface area contributed by atoms with E-state index in [-0.39, 0.29) is 10.6 Å². The van der Waals surface area contributed by atoms with E-state index >= 15 is 0 Å². The molecule has 0 saturated heterocycles. The molecule has 0 aliphatic rings. The van der Waals surface area contributed by atoms with Crippen LogP contribution in [0.25, 0.3) is 11.1 Å². The van der Waals surface area contributed by atoms with Gasteiger partial charge in [-0.1, -0.05) is 29.8 Å². The smallest absolute Gasteiger partial charge is 0.406 e. The second kappa shape index (κ2) is 5.72. The fourth-order valence-electron chi connectivity index (χ4n) is 1.90. The van der Waals surface area contributed by atoms with Gasteiger partial charge < -0.3 is 4.74 Å². The van der Waals surface area contributed by atoms with E-state index in [0.717, 1.165) is 30.3 Å². The van der Waals surface area contributed by atoms with E-state index in [1.807, 2.05) is 0 Å². The average Bonchev–Trinajstić information content (AvgIpc) is 2.35. The van der Waals surface area contributed by atoms with Crippen LogP contribution in [0, 0.1) is 0 Å². The first-order valence-corrected chi connectivity index (χ1v) is 6.17. The van der Waals surface area contributed by atoms with E-state index in [1.54, 1.807) is 0 Å². The summed E-state index contributed by atoms with van der Waals surface area (Å²) in [5.41, 5.74) is -1.56. The monoisotopic (exact) mass is 340 g/mol. The molecule has 0 N–H and O–H groups in total. The van der Waals surface area contributed by atoms with Gasteiger partial charge in [0.2, 0.25) is 0 Å². The zero-order valence-electron chi connectivity index (χ0n) is 10.6. The quantitative estimate of drug-likeness (QED) is 0.616. The van der Waals surface area contributed by atoms with Crippen molar-refractivity contribution < 1.29 is 31.1 Å². The summed E-state index contributed by atoms with van der Waals surface area (Å²) in [7, 11) is 0. The van der Waals surface area contributed by atoms with E-state index in [4.69, 9.17) is 11.6 Å². The van der Waals surface area contributed by atoms with Crippen molar-refractivity contribution >= 4 is 11.6 Å². The molecule has 0 heterocycles. The first-order chi connectivity index (χ1) is 10.1. The second-order valence-corrected chi connectivity index (χ2v) is 4.64. The highest BCUT2D eigenvalue weighted by Gasteiger charge is 2.35. The fraction of sp³-hybridized carbons (Fsp3) is 0.143. The van der Waals surface area contributed by atoms with Crippen molar-refractivity contribution in [1.29, 1.82) is 0 Å². The third-order valence-electron chi connectivity index (χ3n) is 2.68. The van der Waals surface area contributed by atoms with Crippen LogP contribution >= 0.6 is 11.6 Å². The summed E-state index contributed by atoms with van der Waals surface area (Å²) in [6.45, 7) is 0. The molecule has 8 heteroatoms. The largest absolute Gasteiger partial charge is 0.573 e. The number of hydrogen-bond donors (Lipinski definition) is 0. The Balaban J connectivity index is 2.56. The molecule has 118 valence electrons. The fourth-order valence-corrected chi connectivity index (χ4v) is 2.19. The Labute approximate surface area is 126 Å². The molecule has 22 heavy (non-hydrogen) atoms. The standard InChI is InChI=1S/C14H7ClF6O/c15-11-6-2-5-10(13(16,17)18)12(11)8-3-1-4-9(7-8)22-14(19,20)21/h1-7H. The van der Waals surface area contributed by atoms with Crippen LogP contribution in [-0.2, 0) is 6.18 Å². The first-order valence-electron chi connectivity index (χ1n) is 5.80. The number of benzene rings is 2. The highest BCUT2D eigenvalue weighted by atomic mass is 35.5. The van der Waals surface area contributed by atoms with Crippen LogP contribution in [0.1, 0.15) is 5.56 Å². The molecule has 0 amide bonds. The zero-order valence-corrected chi connectivity index (χ0v) is 11.4. The van der Waals surface area contributed by atoms with Crippen molar-refractivity contribution in [2.75, 3.05) is 0 Å². The molecule has 0 aliphatic carbocycles. The molecule has 0 atom stereocenters. The number of rotatable bonds is 2. The van der Waals surface area contributed by atoms with Gasteiger partial charge in [-0.25, -0.2) is 0 Å². The van der Waals surface area contributed by atoms with Gasteiger partial charge in [0, 0.05) is 10.6 Å². The molecule has 0 fully saturated rings. The maximum atomic E-state index is 13.0. The van der Waals surface area contributed by atoms with Gasteiger partial charge in [0.25, 0.3) is 0 Å². The molecule has 0 aliphatic heterocycles. The van der Waals surface area contributed by atoms with Gasteiger partial charge in [0.1, 0.15) is 5.75 Å². The molecule has 0 aromatic heterocycles. The number of ether oxygens (including phenoxy) is 1. The molecule has 0 unspecified atom stereocenters. The summed E-state index contributed by atoms with van der Waals surface area (Å²) in [6.07, 6.45) is -9.63. The highest BCUT2D eigenvalue weighted by molar-refractivity contribution is 6.33. The summed E-state index contributed by atoms with van der Waals surface area (Å²) in [5.74, 6) is -0.627. The van der Waals surface area contributed by atoms with Crippen LogP contribution in [0.5, 0.6) is 5.75 Å². The Kier molecular flexibility index (Phi) is 4.28. The molecule has 0 radical (unpaired) electrons. The lowest BCUT2D eigenvalue weighted by Gasteiger charge is -2.15. The Bertz CT molecular complexity index is 678. The summed E-state index contributed by atoms with van der Waals surface area (Å²) in [4.78, 5) is 0. The van der Waals surface area contributed by atoms with Gasteiger partial charge >= 0.3 is 12.5 Å². The Hall–Kier alpha value is -1.89. The topological polar surface area (TPSA) is 9.23 Å². The van der Waals surface area contributed by atoms with Crippen LogP contribution in [0.4, 0.5) is 26.3 Å². The van der Waals surface area contributed by atoms with E-state index < -0.39 is 29.4 Å². The normalized spacial score (nSPS) is 12.3. The van der Waals surface area contributed by atoms with Gasteiger partial charge in [-0.15, -0.1) is 13.2 Å². The number of alkyl halides is 6. The third kappa shape index (κ3) is 3.85. The van der Waals surface area contributed by atoms with Gasteiger partial charge in [0.15, 0.2) is 0 Å². The predicted molar refractivity (Wildman–Crippen MR) is 68.6 cm³/mol. The summed E-state index contributed by atoms with van der Waals surface area (Å²) >= 11 is 5.79. The minimum Gasteiger partial charge on any atom is -0.406 e. The predicted octanol–water partition coefficient (Wildman–Crippen LogP) is 5.92. The maximum Gasteiger partial charge on any atom is 0.573 e. The van der Waals surface area contributed by atoms with Gasteiger partial charge in [-0.3, -0.25) is 0 Å². The average molecular weight is 341 g/mol. The molecule has 1 nitrogen and oxygen atoms in total. The number of halogens is 7. The van der Waals surface area contributed by atoms with Crippen LogP contribution in [0.15, 0.2) is 42.5 Å². The molecule has 0 spiro atoms. The second-order valence-electron chi connectivity index (χ2n) is 4.24. The van der Waals surface area contributed by atoms with Gasteiger partial charge in [-0.05, 0) is 29.8 Å². The maximum absolute atomic E-state index is 13.0. The van der Waals surface area contributed by atoms with Crippen LogP contribution in [0.2, 0.25) is 5.02 Å². The van der Waals surface area contributed by atoms with Crippen molar-refractivity contribution in [2.45, 2.75) is 12.5 Å². The molecule has 0 bridgehead atoms. The molecule has 0 saturated carbocycles. The van der Waals surface area contributed by atoms with Gasteiger partial charge in [0.05, 0.1) is 5.56 Å². The van der Waals surface area contributed by atoms with Crippen molar-refractivity contribution in [2.24, 2.45) is 0 Å². The van der Waals surface area contributed by atoms with Crippen molar-refractivity contribution in [1.82, 2.24) is 0 Å². The molecule has 2 aromatic rings. The highest BCUT2D eigenvalue weighted by Crippen LogP contribution is 2.41. The Morgan fingerprint density at radius 2 is 1.50 bits per heavy atom. The van der Waals surface area contributed by atoms with Crippen molar-refractivity contribution in [3.05, 3.63) is 53.1 Å². The third-order valence-corrected chi connectivity index (χ3v) is 2.99. The minimum absolute atomic E-state index is 0.125. The van der Waals surface area contributed by atoms with Crippen LogP contribution < -0.4 is 4.74 Å². The summed E-state index contributed by atoms with van der Waals surface area (Å²) in [6, 6.07) is 7.36. The molecular weight excluding hydrogens is 334 g/mol. The van der Waals surface area contributed by atoms with E-state index in [9.17, 15) is 26.3 Å². The van der Waals surface area contributed by atoms with E-state index in [2.05, 4.69) is 4.74 Å². The van der Waals surface area contributed by atoms with Crippen LogP contribution in [-0.4, -0.2) is 6.36 Å². The van der Waals surface area contributed by atoms with E-state index in [0.29, 0.717) is 0 Å². The Morgan fingerprint density at radius 1 is 0.864 bits per heavy atom. The zero-order chi connectivity index (χ0) is 16.5. The van der Waals surface area contributed by atoms with E-state index in [1.165, 1.54) is 12.1 Å². The molecule has 2 aromatic carbocycles. The molecule has 2 rings (SSSR count). The SMILES string of the molecule is FC(F)(F)Oc1cccc(-c2c(Cl)cccc2C(F)(F)F)c1. The summed E-state index contributed by atoms with van der Waals surface area (Å²) in [5, 5.41) is -0.223. The van der Waals surface area contributed by atoms with Crippen molar-refractivity contribution in [3.8, 4) is 16.9 Å². The lowest BCUT2D eigenvalue weighted by molar-refractivity contribution is -0.274. The molecular formula is C14H7ClF6O. The lowest BCUT2D eigenvalue weighted by atomic mass is 9.99. The first kappa shape index (κ1) is 16.5. The minimum atomic E-state index is -4.94. The Morgan fingerprint density at radius 3 is 2.09 bits per heavy atom. The lowest BCUT2D eigenvalue weighted by Crippen LogP contribution is -2.17. The van der Waals surface area contributed by atoms with Gasteiger partial charge in [-0.2, -0.15) is 13.2 Å².